The summed E-state index contributed by atoms with van der Waals surface area (Å²) in [6.45, 7) is 8.38. The van der Waals surface area contributed by atoms with Gasteiger partial charge in [-0.3, -0.25) is 14.5 Å². The van der Waals surface area contributed by atoms with Crippen LogP contribution in [0.15, 0.2) is 24.3 Å². The summed E-state index contributed by atoms with van der Waals surface area (Å²) in [5.74, 6) is 0.0351. The van der Waals surface area contributed by atoms with E-state index in [1.807, 2.05) is 18.7 Å². The van der Waals surface area contributed by atoms with Crippen LogP contribution in [0.5, 0.6) is 0 Å². The maximum Gasteiger partial charge on any atom is 0.246 e. The van der Waals surface area contributed by atoms with Gasteiger partial charge in [-0.05, 0) is 26.0 Å². The Morgan fingerprint density at radius 3 is 2.26 bits per heavy atom. The summed E-state index contributed by atoms with van der Waals surface area (Å²) in [6.07, 6.45) is 6.62. The van der Waals surface area contributed by atoms with E-state index in [4.69, 9.17) is 0 Å². The summed E-state index contributed by atoms with van der Waals surface area (Å²) < 4.78 is 0. The zero-order valence-corrected chi connectivity index (χ0v) is 11.8. The summed E-state index contributed by atoms with van der Waals surface area (Å²) in [4.78, 5) is 27.0. The molecule has 1 saturated heterocycles. The molecule has 0 aliphatic carbocycles. The predicted octanol–water partition coefficient (Wildman–Crippen LogP) is 0.399. The molecule has 0 aromatic carbocycles. The van der Waals surface area contributed by atoms with Crippen LogP contribution in [0.1, 0.15) is 13.8 Å². The fraction of sp³-hybridized carbons (Fsp3) is 0.571. The minimum absolute atomic E-state index is 0.0515. The van der Waals surface area contributed by atoms with Gasteiger partial charge in [0.25, 0.3) is 0 Å². The maximum atomic E-state index is 11.6. The fourth-order valence-electron chi connectivity index (χ4n) is 1.99. The lowest BCUT2D eigenvalue weighted by atomic mass is 10.3. The van der Waals surface area contributed by atoms with Crippen molar-refractivity contribution >= 4 is 11.8 Å². The van der Waals surface area contributed by atoms with Crippen LogP contribution in [0.25, 0.3) is 0 Å². The van der Waals surface area contributed by atoms with Gasteiger partial charge in [0, 0.05) is 39.3 Å². The van der Waals surface area contributed by atoms with E-state index in [0.29, 0.717) is 6.54 Å². The van der Waals surface area contributed by atoms with Gasteiger partial charge >= 0.3 is 0 Å². The van der Waals surface area contributed by atoms with Crippen LogP contribution >= 0.6 is 0 Å². The number of nitrogens with zero attached hydrogens (tertiary/aromatic N) is 2. The lowest BCUT2D eigenvalue weighted by molar-refractivity contribution is -0.127. The van der Waals surface area contributed by atoms with Gasteiger partial charge in [-0.15, -0.1) is 0 Å². The largest absolute Gasteiger partial charge is 0.351 e. The van der Waals surface area contributed by atoms with E-state index in [1.165, 1.54) is 6.08 Å². The molecule has 5 heteroatoms. The second-order valence-corrected chi connectivity index (χ2v) is 4.46. The molecule has 1 fully saturated rings. The van der Waals surface area contributed by atoms with Crippen molar-refractivity contribution in [3.05, 3.63) is 24.3 Å². The minimum Gasteiger partial charge on any atom is -0.351 e. The summed E-state index contributed by atoms with van der Waals surface area (Å²) in [7, 11) is 0. The molecule has 2 amide bonds. The average Bonchev–Trinajstić information content (AvgIpc) is 2.40. The van der Waals surface area contributed by atoms with Crippen LogP contribution in [-0.2, 0) is 9.59 Å². The third-order valence-corrected chi connectivity index (χ3v) is 3.04. The molecular formula is C14H23N3O2. The highest BCUT2D eigenvalue weighted by Gasteiger charge is 2.18. The van der Waals surface area contributed by atoms with Crippen LogP contribution in [0.4, 0.5) is 0 Å². The lowest BCUT2D eigenvalue weighted by Gasteiger charge is -2.34. The van der Waals surface area contributed by atoms with Gasteiger partial charge in [0.2, 0.25) is 11.8 Å². The number of hydrogen-bond acceptors (Lipinski definition) is 3. The van der Waals surface area contributed by atoms with E-state index in [2.05, 4.69) is 10.2 Å². The van der Waals surface area contributed by atoms with E-state index >= 15 is 0 Å². The van der Waals surface area contributed by atoms with E-state index in [9.17, 15) is 9.59 Å². The molecule has 0 spiro atoms. The quantitative estimate of drug-likeness (QED) is 0.732. The van der Waals surface area contributed by atoms with Gasteiger partial charge in [0.15, 0.2) is 0 Å². The number of carbonyl (C=O) groups is 2. The fourth-order valence-corrected chi connectivity index (χ4v) is 1.99. The molecule has 1 N–H and O–H groups in total. The number of carbonyl (C=O) groups excluding carboxylic acids is 2. The third-order valence-electron chi connectivity index (χ3n) is 3.04. The average molecular weight is 265 g/mol. The highest BCUT2D eigenvalue weighted by atomic mass is 16.2. The van der Waals surface area contributed by atoms with E-state index in [-0.39, 0.29) is 11.8 Å². The predicted molar refractivity (Wildman–Crippen MR) is 75.7 cm³/mol. The molecule has 0 radical (unpaired) electrons. The second kappa shape index (κ2) is 8.48. The van der Waals surface area contributed by atoms with Crippen molar-refractivity contribution in [1.29, 1.82) is 0 Å². The lowest BCUT2D eigenvalue weighted by Crippen LogP contribution is -2.49. The molecule has 1 aliphatic heterocycles. The molecule has 0 aromatic heterocycles. The van der Waals surface area contributed by atoms with Crippen LogP contribution in [-0.4, -0.2) is 60.9 Å². The van der Waals surface area contributed by atoms with E-state index in [1.54, 1.807) is 18.2 Å². The SMILES string of the molecule is C/C=C\C(=O)N1CCN(CCNC(=O)/C=C/C)CC1. The highest BCUT2D eigenvalue weighted by molar-refractivity contribution is 5.87. The molecule has 1 heterocycles. The Morgan fingerprint density at radius 2 is 1.68 bits per heavy atom. The molecular weight excluding hydrogens is 242 g/mol. The zero-order chi connectivity index (χ0) is 14.1. The molecule has 5 nitrogen and oxygen atoms in total. The zero-order valence-electron chi connectivity index (χ0n) is 11.8. The smallest absolute Gasteiger partial charge is 0.246 e. The molecule has 1 aliphatic rings. The van der Waals surface area contributed by atoms with Crippen molar-refractivity contribution in [3.8, 4) is 0 Å². The Labute approximate surface area is 114 Å². The van der Waals surface area contributed by atoms with Crippen molar-refractivity contribution in [2.45, 2.75) is 13.8 Å². The molecule has 0 bridgehead atoms. The first kappa shape index (κ1) is 15.4. The standard InChI is InChI=1S/C14H23N3O2/c1-3-5-13(18)15-7-8-16-9-11-17(12-10-16)14(19)6-4-2/h3-6H,7-12H2,1-2H3,(H,15,18)/b5-3+,6-4-. The van der Waals surface area contributed by atoms with Gasteiger partial charge < -0.3 is 10.2 Å². The van der Waals surface area contributed by atoms with E-state index < -0.39 is 0 Å². The monoisotopic (exact) mass is 265 g/mol. The number of piperazine rings is 1. The maximum absolute atomic E-state index is 11.6. The second-order valence-electron chi connectivity index (χ2n) is 4.46. The number of amides is 2. The van der Waals surface area contributed by atoms with Crippen LogP contribution in [0.3, 0.4) is 0 Å². The normalized spacial score (nSPS) is 17.3. The van der Waals surface area contributed by atoms with Gasteiger partial charge in [-0.1, -0.05) is 12.2 Å². The Hall–Kier alpha value is -1.62. The molecule has 106 valence electrons. The van der Waals surface area contributed by atoms with Crippen molar-refractivity contribution < 1.29 is 9.59 Å². The van der Waals surface area contributed by atoms with Gasteiger partial charge in [-0.2, -0.15) is 0 Å². The summed E-state index contributed by atoms with van der Waals surface area (Å²) >= 11 is 0. The minimum atomic E-state index is -0.0515. The van der Waals surface area contributed by atoms with Gasteiger partial charge in [0.05, 0.1) is 0 Å². The van der Waals surface area contributed by atoms with Crippen LogP contribution < -0.4 is 5.32 Å². The van der Waals surface area contributed by atoms with Gasteiger partial charge in [0.1, 0.15) is 0 Å². The molecule has 0 atom stereocenters. The van der Waals surface area contributed by atoms with Crippen molar-refractivity contribution in [1.82, 2.24) is 15.1 Å². The number of nitrogens with one attached hydrogen (secondary N) is 1. The first-order valence-corrected chi connectivity index (χ1v) is 6.72. The molecule has 0 saturated carbocycles. The Morgan fingerprint density at radius 1 is 1.05 bits per heavy atom. The Bertz CT molecular complexity index is 353. The molecule has 0 unspecified atom stereocenters. The van der Waals surface area contributed by atoms with Crippen molar-refractivity contribution in [2.75, 3.05) is 39.3 Å². The Balaban J connectivity index is 2.20. The van der Waals surface area contributed by atoms with E-state index in [0.717, 1.165) is 32.7 Å². The van der Waals surface area contributed by atoms with Crippen molar-refractivity contribution in [3.63, 3.8) is 0 Å². The Kier molecular flexibility index (Phi) is 6.89. The summed E-state index contributed by atoms with van der Waals surface area (Å²) in [6, 6.07) is 0. The molecule has 19 heavy (non-hydrogen) atoms. The number of rotatable bonds is 5. The summed E-state index contributed by atoms with van der Waals surface area (Å²) in [5.41, 5.74) is 0. The van der Waals surface area contributed by atoms with Gasteiger partial charge in [-0.25, -0.2) is 0 Å². The topological polar surface area (TPSA) is 52.7 Å². The van der Waals surface area contributed by atoms with Crippen LogP contribution in [0, 0.1) is 0 Å². The summed E-state index contributed by atoms with van der Waals surface area (Å²) in [5, 5.41) is 2.83. The number of hydrogen-bond donors (Lipinski definition) is 1. The first-order chi connectivity index (χ1) is 9.17. The highest BCUT2D eigenvalue weighted by Crippen LogP contribution is 2.02. The first-order valence-electron chi connectivity index (χ1n) is 6.72. The third kappa shape index (κ3) is 5.70. The molecule has 1 rings (SSSR count). The molecule has 0 aromatic rings. The van der Waals surface area contributed by atoms with Crippen molar-refractivity contribution in [2.24, 2.45) is 0 Å². The number of allylic oxidation sites excluding steroid dienone is 2. The van der Waals surface area contributed by atoms with Crippen LogP contribution in [0.2, 0.25) is 0 Å².